The number of fused-ring (bicyclic) bond motifs is 2. The number of rotatable bonds is 1. The van der Waals surface area contributed by atoms with Crippen LogP contribution in [0.25, 0.3) is 10.4 Å². The van der Waals surface area contributed by atoms with Gasteiger partial charge in [-0.25, -0.2) is 0 Å². The SMILES string of the molecule is [N-]=[N+]=N[C@@H]1C[C@@H]2C[C@H]1CC2=O. The van der Waals surface area contributed by atoms with Gasteiger partial charge in [0.05, 0.1) is 0 Å². The first-order valence-corrected chi connectivity index (χ1v) is 3.88. The fraction of sp³-hybridized carbons (Fsp3) is 0.857. The Bertz CT molecular complexity index is 244. The van der Waals surface area contributed by atoms with Crippen molar-refractivity contribution >= 4 is 5.78 Å². The molecule has 2 rings (SSSR count). The molecule has 2 aliphatic rings. The smallest absolute Gasteiger partial charge is 0.136 e. The van der Waals surface area contributed by atoms with Crippen molar-refractivity contribution in [2.24, 2.45) is 17.0 Å². The predicted octanol–water partition coefficient (Wildman–Crippen LogP) is 1.66. The first kappa shape index (κ1) is 6.68. The third-order valence-electron chi connectivity index (χ3n) is 2.78. The molecule has 2 bridgehead atoms. The molecule has 0 heterocycles. The van der Waals surface area contributed by atoms with Gasteiger partial charge in [-0.2, -0.15) is 0 Å². The highest BCUT2D eigenvalue weighted by Gasteiger charge is 2.44. The molecule has 4 heteroatoms. The molecular formula is C7H9N3O. The van der Waals surface area contributed by atoms with Crippen LogP contribution in [0.1, 0.15) is 19.3 Å². The molecule has 0 spiro atoms. The third kappa shape index (κ3) is 0.906. The molecule has 2 saturated carbocycles. The molecule has 0 aliphatic heterocycles. The summed E-state index contributed by atoms with van der Waals surface area (Å²) in [5, 5.41) is 3.67. The van der Waals surface area contributed by atoms with Gasteiger partial charge in [0, 0.05) is 23.3 Å². The Labute approximate surface area is 64.2 Å². The molecule has 0 amide bonds. The number of carbonyl (C=O) groups is 1. The van der Waals surface area contributed by atoms with Crippen LogP contribution in [0.2, 0.25) is 0 Å². The van der Waals surface area contributed by atoms with Crippen molar-refractivity contribution in [1.29, 1.82) is 0 Å². The van der Waals surface area contributed by atoms with Crippen LogP contribution in [0, 0.1) is 11.8 Å². The van der Waals surface area contributed by atoms with Gasteiger partial charge in [-0.15, -0.1) is 0 Å². The van der Waals surface area contributed by atoms with E-state index in [1.54, 1.807) is 0 Å². The molecule has 0 saturated heterocycles. The van der Waals surface area contributed by atoms with Gasteiger partial charge in [0.2, 0.25) is 0 Å². The summed E-state index contributed by atoms with van der Waals surface area (Å²) in [5.74, 6) is 0.957. The summed E-state index contributed by atoms with van der Waals surface area (Å²) >= 11 is 0. The maximum Gasteiger partial charge on any atom is 0.136 e. The largest absolute Gasteiger partial charge is 0.299 e. The molecule has 3 atom stereocenters. The van der Waals surface area contributed by atoms with E-state index in [2.05, 4.69) is 10.0 Å². The quantitative estimate of drug-likeness (QED) is 0.319. The lowest BCUT2D eigenvalue weighted by molar-refractivity contribution is -0.121. The van der Waals surface area contributed by atoms with Crippen molar-refractivity contribution in [2.75, 3.05) is 0 Å². The maximum absolute atomic E-state index is 11.1. The van der Waals surface area contributed by atoms with Gasteiger partial charge in [-0.05, 0) is 24.3 Å². The van der Waals surface area contributed by atoms with Gasteiger partial charge < -0.3 is 0 Å². The van der Waals surface area contributed by atoms with Crippen LogP contribution in [0.3, 0.4) is 0 Å². The van der Waals surface area contributed by atoms with E-state index in [1.165, 1.54) is 0 Å². The van der Waals surface area contributed by atoms with Crippen molar-refractivity contribution in [3.8, 4) is 0 Å². The number of hydrogen-bond donors (Lipinski definition) is 0. The minimum atomic E-state index is 0.114. The molecule has 4 nitrogen and oxygen atoms in total. The second-order valence-corrected chi connectivity index (χ2v) is 3.37. The molecule has 0 N–H and O–H groups in total. The lowest BCUT2D eigenvalue weighted by atomic mass is 9.95. The topological polar surface area (TPSA) is 65.8 Å². The van der Waals surface area contributed by atoms with E-state index in [0.717, 1.165) is 12.8 Å². The molecule has 0 aromatic heterocycles. The zero-order valence-corrected chi connectivity index (χ0v) is 6.10. The van der Waals surface area contributed by atoms with E-state index in [0.29, 0.717) is 18.1 Å². The average Bonchev–Trinajstić information content (AvgIpc) is 2.47. The Morgan fingerprint density at radius 3 is 2.82 bits per heavy atom. The molecule has 0 aromatic rings. The van der Waals surface area contributed by atoms with Crippen LogP contribution in [-0.4, -0.2) is 11.8 Å². The van der Waals surface area contributed by atoms with Crippen molar-refractivity contribution < 1.29 is 4.79 Å². The molecule has 2 fully saturated rings. The highest BCUT2D eigenvalue weighted by molar-refractivity contribution is 5.84. The number of Topliss-reactive ketones (excluding diaryl/α,β-unsaturated/α-hetero) is 1. The second kappa shape index (κ2) is 2.24. The maximum atomic E-state index is 11.1. The van der Waals surface area contributed by atoms with Crippen LogP contribution < -0.4 is 0 Å². The van der Waals surface area contributed by atoms with Crippen LogP contribution in [0.4, 0.5) is 0 Å². The summed E-state index contributed by atoms with van der Waals surface area (Å²) in [7, 11) is 0. The zero-order valence-electron chi connectivity index (χ0n) is 6.10. The summed E-state index contributed by atoms with van der Waals surface area (Å²) in [5.41, 5.74) is 8.19. The Morgan fingerprint density at radius 1 is 1.55 bits per heavy atom. The lowest BCUT2D eigenvalue weighted by Crippen LogP contribution is -2.19. The Balaban J connectivity index is 2.13. The zero-order chi connectivity index (χ0) is 7.84. The van der Waals surface area contributed by atoms with Gasteiger partial charge in [-0.3, -0.25) is 4.79 Å². The van der Waals surface area contributed by atoms with E-state index in [-0.39, 0.29) is 12.0 Å². The van der Waals surface area contributed by atoms with Gasteiger partial charge in [0.15, 0.2) is 0 Å². The normalized spacial score (nSPS) is 40.7. The molecule has 11 heavy (non-hydrogen) atoms. The van der Waals surface area contributed by atoms with Gasteiger partial charge >= 0.3 is 0 Å². The number of carbonyl (C=O) groups excluding carboxylic acids is 1. The van der Waals surface area contributed by atoms with Crippen LogP contribution in [0.5, 0.6) is 0 Å². The minimum Gasteiger partial charge on any atom is -0.299 e. The summed E-state index contributed by atoms with van der Waals surface area (Å²) in [4.78, 5) is 13.8. The summed E-state index contributed by atoms with van der Waals surface area (Å²) in [6.07, 6.45) is 2.41. The summed E-state index contributed by atoms with van der Waals surface area (Å²) < 4.78 is 0. The molecule has 0 radical (unpaired) electrons. The van der Waals surface area contributed by atoms with Crippen LogP contribution in [-0.2, 0) is 4.79 Å². The summed E-state index contributed by atoms with van der Waals surface area (Å²) in [6, 6.07) is 0.114. The van der Waals surface area contributed by atoms with E-state index >= 15 is 0 Å². The third-order valence-corrected chi connectivity index (χ3v) is 2.78. The number of hydrogen-bond acceptors (Lipinski definition) is 2. The molecular weight excluding hydrogens is 142 g/mol. The fourth-order valence-corrected chi connectivity index (χ4v) is 2.22. The monoisotopic (exact) mass is 151 g/mol. The fourth-order valence-electron chi connectivity index (χ4n) is 2.22. The number of azide groups is 1. The molecule has 0 unspecified atom stereocenters. The van der Waals surface area contributed by atoms with Crippen LogP contribution in [0.15, 0.2) is 5.11 Å². The Hall–Kier alpha value is -1.02. The van der Waals surface area contributed by atoms with Crippen molar-refractivity contribution in [2.45, 2.75) is 25.3 Å². The average molecular weight is 151 g/mol. The lowest BCUT2D eigenvalue weighted by Gasteiger charge is -2.14. The second-order valence-electron chi connectivity index (χ2n) is 3.37. The van der Waals surface area contributed by atoms with E-state index < -0.39 is 0 Å². The highest BCUT2D eigenvalue weighted by atomic mass is 16.1. The van der Waals surface area contributed by atoms with E-state index in [1.807, 2.05) is 0 Å². The van der Waals surface area contributed by atoms with Gasteiger partial charge in [0.25, 0.3) is 0 Å². The summed E-state index contributed by atoms with van der Waals surface area (Å²) in [6.45, 7) is 0. The first-order valence-electron chi connectivity index (χ1n) is 3.88. The molecule has 2 aliphatic carbocycles. The highest BCUT2D eigenvalue weighted by Crippen LogP contribution is 2.43. The van der Waals surface area contributed by atoms with Crippen molar-refractivity contribution in [3.05, 3.63) is 10.4 Å². The standard InChI is InChI=1S/C7H9N3O/c8-10-9-6-2-5-1-4(6)3-7(5)11/h4-6H,1-3H2/t4-,5-,6+/m0/s1. The predicted molar refractivity (Wildman–Crippen MR) is 38.8 cm³/mol. The Kier molecular flexibility index (Phi) is 1.36. The number of nitrogens with zero attached hydrogens (tertiary/aromatic N) is 3. The number of ketones is 1. The van der Waals surface area contributed by atoms with E-state index in [9.17, 15) is 4.79 Å². The van der Waals surface area contributed by atoms with Crippen molar-refractivity contribution in [3.63, 3.8) is 0 Å². The molecule has 58 valence electrons. The Morgan fingerprint density at radius 2 is 2.36 bits per heavy atom. The van der Waals surface area contributed by atoms with Gasteiger partial charge in [0.1, 0.15) is 5.78 Å². The van der Waals surface area contributed by atoms with Crippen molar-refractivity contribution in [1.82, 2.24) is 0 Å². The first-order chi connectivity index (χ1) is 5.31. The molecule has 0 aromatic carbocycles. The van der Waals surface area contributed by atoms with Gasteiger partial charge in [-0.1, -0.05) is 5.11 Å². The van der Waals surface area contributed by atoms with E-state index in [4.69, 9.17) is 5.53 Å². The van der Waals surface area contributed by atoms with Crippen LogP contribution >= 0.6 is 0 Å². The minimum absolute atomic E-state index is 0.114.